The van der Waals surface area contributed by atoms with Crippen molar-refractivity contribution in [2.45, 2.75) is 26.7 Å². The SMILES string of the molecule is COC(=O)NC(=O)c1c(NC(=O)CN2C(=O)CCC2=O)sc(C)c1C. The molecule has 1 aromatic heterocycles. The van der Waals surface area contributed by atoms with E-state index >= 15 is 0 Å². The summed E-state index contributed by atoms with van der Waals surface area (Å²) in [6, 6.07) is 0. The molecule has 10 heteroatoms. The van der Waals surface area contributed by atoms with Gasteiger partial charge in [0.15, 0.2) is 0 Å². The molecular formula is C15H17N3O6S. The second-order valence-electron chi connectivity index (χ2n) is 5.35. The number of nitrogens with one attached hydrogen (secondary N) is 2. The average Bonchev–Trinajstić information content (AvgIpc) is 3.00. The highest BCUT2D eigenvalue weighted by Crippen LogP contribution is 2.32. The van der Waals surface area contributed by atoms with Crippen LogP contribution in [0.4, 0.5) is 9.80 Å². The van der Waals surface area contributed by atoms with Gasteiger partial charge >= 0.3 is 6.09 Å². The van der Waals surface area contributed by atoms with Gasteiger partial charge in [0, 0.05) is 17.7 Å². The Hall–Kier alpha value is -2.75. The zero-order valence-corrected chi connectivity index (χ0v) is 14.7. The van der Waals surface area contributed by atoms with Crippen molar-refractivity contribution >= 4 is 46.1 Å². The van der Waals surface area contributed by atoms with E-state index in [1.54, 1.807) is 13.8 Å². The number of nitrogens with zero attached hydrogens (tertiary/aromatic N) is 1. The van der Waals surface area contributed by atoms with E-state index in [1.807, 2.05) is 5.32 Å². The maximum absolute atomic E-state index is 12.2. The quantitative estimate of drug-likeness (QED) is 0.764. The largest absolute Gasteiger partial charge is 0.453 e. The van der Waals surface area contributed by atoms with Crippen LogP contribution in [0.1, 0.15) is 33.6 Å². The van der Waals surface area contributed by atoms with Crippen LogP contribution in [-0.4, -0.2) is 48.3 Å². The van der Waals surface area contributed by atoms with E-state index in [1.165, 1.54) is 0 Å². The first kappa shape index (κ1) is 18.6. The number of likely N-dealkylation sites (tertiary alicyclic amines) is 1. The number of aryl methyl sites for hydroxylation is 1. The van der Waals surface area contributed by atoms with Gasteiger partial charge in [-0.25, -0.2) is 4.79 Å². The number of carbonyl (C=O) groups excluding carboxylic acids is 5. The first-order chi connectivity index (χ1) is 11.7. The molecule has 5 amide bonds. The van der Waals surface area contributed by atoms with Gasteiger partial charge in [-0.3, -0.25) is 29.4 Å². The third-order valence-electron chi connectivity index (χ3n) is 3.72. The van der Waals surface area contributed by atoms with E-state index < -0.39 is 36.3 Å². The lowest BCUT2D eigenvalue weighted by Gasteiger charge is -2.13. The lowest BCUT2D eigenvalue weighted by Crippen LogP contribution is -2.37. The molecule has 0 spiro atoms. The summed E-state index contributed by atoms with van der Waals surface area (Å²) in [5.41, 5.74) is 0.746. The predicted octanol–water partition coefficient (Wildman–Crippen LogP) is 0.949. The lowest BCUT2D eigenvalue weighted by atomic mass is 10.1. The highest BCUT2D eigenvalue weighted by molar-refractivity contribution is 7.16. The molecule has 2 N–H and O–H groups in total. The fourth-order valence-corrected chi connectivity index (χ4v) is 3.38. The van der Waals surface area contributed by atoms with Gasteiger partial charge in [-0.15, -0.1) is 11.3 Å². The van der Waals surface area contributed by atoms with Crippen LogP contribution in [0.15, 0.2) is 0 Å². The van der Waals surface area contributed by atoms with E-state index in [2.05, 4.69) is 10.1 Å². The van der Waals surface area contributed by atoms with E-state index in [-0.39, 0.29) is 23.4 Å². The first-order valence-electron chi connectivity index (χ1n) is 7.37. The minimum Gasteiger partial charge on any atom is -0.453 e. The third kappa shape index (κ3) is 4.02. The summed E-state index contributed by atoms with van der Waals surface area (Å²) < 4.78 is 4.39. The summed E-state index contributed by atoms with van der Waals surface area (Å²) in [6.07, 6.45) is -0.731. The predicted molar refractivity (Wildman–Crippen MR) is 88.2 cm³/mol. The van der Waals surface area contributed by atoms with Crippen molar-refractivity contribution in [3.63, 3.8) is 0 Å². The number of anilines is 1. The standard InChI is InChI=1S/C15H17N3O6S/c1-7-8(2)25-14(12(7)13(22)17-15(23)24-3)16-9(19)6-18-10(20)4-5-11(18)21/h4-6H2,1-3H3,(H,16,19)(H,17,22,23). The van der Waals surface area contributed by atoms with Crippen molar-refractivity contribution in [3.05, 3.63) is 16.0 Å². The Morgan fingerprint density at radius 3 is 2.32 bits per heavy atom. The lowest BCUT2D eigenvalue weighted by molar-refractivity contribution is -0.141. The molecule has 9 nitrogen and oxygen atoms in total. The zero-order chi connectivity index (χ0) is 18.7. The molecule has 0 aliphatic carbocycles. The second-order valence-corrected chi connectivity index (χ2v) is 6.58. The summed E-state index contributed by atoms with van der Waals surface area (Å²) in [5, 5.41) is 4.81. The number of rotatable bonds is 4. The van der Waals surface area contributed by atoms with E-state index in [4.69, 9.17) is 0 Å². The third-order valence-corrected chi connectivity index (χ3v) is 4.85. The summed E-state index contributed by atoms with van der Waals surface area (Å²) in [6.45, 7) is 3.03. The Balaban J connectivity index is 2.16. The smallest absolute Gasteiger partial charge is 0.413 e. The molecule has 1 saturated heterocycles. The van der Waals surface area contributed by atoms with Gasteiger partial charge in [-0.2, -0.15) is 0 Å². The van der Waals surface area contributed by atoms with Crippen LogP contribution in [0.3, 0.4) is 0 Å². The summed E-state index contributed by atoms with van der Waals surface area (Å²) in [5.74, 6) is -2.11. The van der Waals surface area contributed by atoms with Gasteiger partial charge < -0.3 is 10.1 Å². The van der Waals surface area contributed by atoms with Crippen LogP contribution in [0, 0.1) is 13.8 Å². The van der Waals surface area contributed by atoms with Crippen LogP contribution >= 0.6 is 11.3 Å². The molecule has 1 aromatic rings. The Bertz CT molecular complexity index is 754. The van der Waals surface area contributed by atoms with Gasteiger partial charge in [0.05, 0.1) is 12.7 Å². The molecule has 0 atom stereocenters. The number of carbonyl (C=O) groups is 5. The van der Waals surface area contributed by atoms with Crippen molar-refractivity contribution in [2.75, 3.05) is 19.0 Å². The van der Waals surface area contributed by atoms with Gasteiger partial charge in [-0.1, -0.05) is 0 Å². The van der Waals surface area contributed by atoms with Crippen molar-refractivity contribution in [1.29, 1.82) is 0 Å². The molecule has 2 rings (SSSR count). The van der Waals surface area contributed by atoms with Crippen molar-refractivity contribution in [1.82, 2.24) is 10.2 Å². The van der Waals surface area contributed by atoms with Crippen molar-refractivity contribution in [2.24, 2.45) is 0 Å². The maximum Gasteiger partial charge on any atom is 0.413 e. The number of methoxy groups -OCH3 is 1. The molecule has 1 aliphatic rings. The molecule has 1 aliphatic heterocycles. The molecule has 134 valence electrons. The molecule has 2 heterocycles. The van der Waals surface area contributed by atoms with Crippen molar-refractivity contribution in [3.8, 4) is 0 Å². The molecular weight excluding hydrogens is 350 g/mol. The second kappa shape index (κ2) is 7.43. The number of alkyl carbamates (subject to hydrolysis) is 1. The summed E-state index contributed by atoms with van der Waals surface area (Å²) in [4.78, 5) is 60.4. The number of hydrogen-bond acceptors (Lipinski definition) is 7. The minimum atomic E-state index is -0.918. The fourth-order valence-electron chi connectivity index (χ4n) is 2.30. The Labute approximate surface area is 147 Å². The van der Waals surface area contributed by atoms with Crippen LogP contribution < -0.4 is 10.6 Å². The van der Waals surface area contributed by atoms with E-state index in [9.17, 15) is 24.0 Å². The van der Waals surface area contributed by atoms with Crippen LogP contribution in [-0.2, 0) is 19.1 Å². The monoisotopic (exact) mass is 367 g/mol. The fraction of sp³-hybridized carbons (Fsp3) is 0.400. The average molecular weight is 367 g/mol. The first-order valence-corrected chi connectivity index (χ1v) is 8.18. The molecule has 0 saturated carbocycles. The van der Waals surface area contributed by atoms with Gasteiger partial charge in [-0.05, 0) is 19.4 Å². The van der Waals surface area contributed by atoms with Gasteiger partial charge in [0.1, 0.15) is 11.5 Å². The topological polar surface area (TPSA) is 122 Å². The number of amides is 5. The molecule has 0 unspecified atom stereocenters. The van der Waals surface area contributed by atoms with Crippen LogP contribution in [0.25, 0.3) is 0 Å². The van der Waals surface area contributed by atoms with Gasteiger partial charge in [0.25, 0.3) is 5.91 Å². The normalized spacial score (nSPS) is 13.8. The highest BCUT2D eigenvalue weighted by atomic mass is 32.1. The Kier molecular flexibility index (Phi) is 5.52. The molecule has 0 aromatic carbocycles. The number of thiophene rings is 1. The summed E-state index contributed by atoms with van der Waals surface area (Å²) >= 11 is 1.16. The molecule has 0 radical (unpaired) electrons. The maximum atomic E-state index is 12.2. The highest BCUT2D eigenvalue weighted by Gasteiger charge is 2.31. The number of ether oxygens (including phenoxy) is 1. The van der Waals surface area contributed by atoms with E-state index in [0.717, 1.165) is 28.2 Å². The Morgan fingerprint density at radius 2 is 1.76 bits per heavy atom. The summed E-state index contributed by atoms with van der Waals surface area (Å²) in [7, 11) is 1.13. The van der Waals surface area contributed by atoms with Crippen LogP contribution in [0.2, 0.25) is 0 Å². The molecule has 1 fully saturated rings. The van der Waals surface area contributed by atoms with E-state index in [0.29, 0.717) is 5.56 Å². The minimum absolute atomic E-state index is 0.0934. The van der Waals surface area contributed by atoms with Gasteiger partial charge in [0.2, 0.25) is 17.7 Å². The number of imide groups is 2. The number of hydrogen-bond donors (Lipinski definition) is 2. The molecule has 0 bridgehead atoms. The van der Waals surface area contributed by atoms with Crippen LogP contribution in [0.5, 0.6) is 0 Å². The Morgan fingerprint density at radius 1 is 1.16 bits per heavy atom. The van der Waals surface area contributed by atoms with Crippen molar-refractivity contribution < 1.29 is 28.7 Å². The molecule has 25 heavy (non-hydrogen) atoms. The zero-order valence-electron chi connectivity index (χ0n) is 13.9.